The van der Waals surface area contributed by atoms with Crippen LogP contribution in [0.15, 0.2) is 12.4 Å². The lowest BCUT2D eigenvalue weighted by atomic mass is 9.93. The number of rotatable bonds is 7. The summed E-state index contributed by atoms with van der Waals surface area (Å²) in [5.41, 5.74) is -0.159. The van der Waals surface area contributed by atoms with E-state index in [0.717, 1.165) is 12.6 Å². The second kappa shape index (κ2) is 7.68. The minimum Gasteiger partial charge on any atom is -0.480 e. The Labute approximate surface area is 131 Å². The lowest BCUT2D eigenvalue weighted by Gasteiger charge is -2.28. The number of carbonyl (C=O) groups excluding carboxylic acids is 1. The van der Waals surface area contributed by atoms with E-state index in [0.29, 0.717) is 19.6 Å². The largest absolute Gasteiger partial charge is 0.480 e. The van der Waals surface area contributed by atoms with Crippen molar-refractivity contribution in [3.63, 3.8) is 0 Å². The summed E-state index contributed by atoms with van der Waals surface area (Å²) in [6, 6.07) is -0.991. The van der Waals surface area contributed by atoms with Gasteiger partial charge in [0, 0.05) is 25.5 Å². The molecule has 126 valence electrons. The van der Waals surface area contributed by atoms with Crippen LogP contribution in [-0.4, -0.2) is 50.9 Å². The summed E-state index contributed by atoms with van der Waals surface area (Å²) in [6.45, 7) is 1.05. The van der Waals surface area contributed by atoms with Gasteiger partial charge in [-0.1, -0.05) is 0 Å². The molecule has 1 fully saturated rings. The van der Waals surface area contributed by atoms with Crippen molar-refractivity contribution < 1.29 is 24.4 Å². The Balaban J connectivity index is 1.85. The number of nitrogens with one attached hydrogen (secondary N) is 1. The van der Waals surface area contributed by atoms with E-state index in [1.165, 1.54) is 10.9 Å². The van der Waals surface area contributed by atoms with Crippen molar-refractivity contribution in [2.24, 2.45) is 5.92 Å². The number of nitrogens with zero attached hydrogens (tertiary/aromatic N) is 3. The number of aryl methyl sites for hydroxylation is 1. The molecule has 1 aliphatic heterocycles. The highest BCUT2D eigenvalue weighted by Gasteiger charge is 2.31. The zero-order chi connectivity index (χ0) is 16.8. The molecule has 2 unspecified atom stereocenters. The average molecular weight is 326 g/mol. The van der Waals surface area contributed by atoms with E-state index in [-0.39, 0.29) is 24.6 Å². The Hall–Kier alpha value is -2.49. The van der Waals surface area contributed by atoms with E-state index in [2.05, 4.69) is 10.4 Å². The van der Waals surface area contributed by atoms with E-state index < -0.39 is 22.8 Å². The number of carboxylic acid groups (broad SMARTS) is 1. The predicted octanol–water partition coefficient (Wildman–Crippen LogP) is 0.177. The maximum absolute atomic E-state index is 11.9. The Morgan fingerprint density at radius 2 is 2.39 bits per heavy atom. The molecule has 2 heterocycles. The highest BCUT2D eigenvalue weighted by molar-refractivity contribution is 5.83. The molecule has 1 aliphatic rings. The molecule has 10 heteroatoms. The number of carbonyl (C=O) groups is 2. The van der Waals surface area contributed by atoms with Gasteiger partial charge in [0.25, 0.3) is 0 Å². The second-order valence-corrected chi connectivity index (χ2v) is 5.33. The molecule has 1 aromatic rings. The van der Waals surface area contributed by atoms with Crippen LogP contribution >= 0.6 is 0 Å². The highest BCUT2D eigenvalue weighted by atomic mass is 16.6. The summed E-state index contributed by atoms with van der Waals surface area (Å²) in [5, 5.41) is 26.1. The fourth-order valence-corrected chi connectivity index (χ4v) is 2.44. The van der Waals surface area contributed by atoms with Crippen molar-refractivity contribution in [2.75, 3.05) is 13.2 Å². The van der Waals surface area contributed by atoms with Crippen molar-refractivity contribution in [2.45, 2.75) is 31.8 Å². The van der Waals surface area contributed by atoms with Crippen LogP contribution < -0.4 is 5.32 Å². The fourth-order valence-electron chi connectivity index (χ4n) is 2.44. The number of hydrogen-bond acceptors (Lipinski definition) is 6. The SMILES string of the molecule is O=C(CCn1cc([N+](=O)[O-])cn1)NC(C(=O)O)C1CCCOC1. The third kappa shape index (κ3) is 4.74. The van der Waals surface area contributed by atoms with E-state index in [9.17, 15) is 24.8 Å². The van der Waals surface area contributed by atoms with Gasteiger partial charge in [-0.15, -0.1) is 0 Å². The Morgan fingerprint density at radius 1 is 1.61 bits per heavy atom. The smallest absolute Gasteiger partial charge is 0.326 e. The third-order valence-corrected chi connectivity index (χ3v) is 3.65. The van der Waals surface area contributed by atoms with Gasteiger partial charge in [-0.25, -0.2) is 4.79 Å². The normalized spacial score (nSPS) is 19.0. The number of aliphatic carboxylic acids is 1. The standard InChI is InChI=1S/C13H18N4O6/c18-11(3-4-16-7-10(6-14-16)17(21)22)15-12(13(19)20)9-2-1-5-23-8-9/h6-7,9,12H,1-5,8H2,(H,15,18)(H,19,20). The van der Waals surface area contributed by atoms with Crippen molar-refractivity contribution in [3.05, 3.63) is 22.5 Å². The molecule has 23 heavy (non-hydrogen) atoms. The van der Waals surface area contributed by atoms with Crippen LogP contribution in [-0.2, 0) is 20.9 Å². The zero-order valence-corrected chi connectivity index (χ0v) is 12.4. The molecule has 0 saturated carbocycles. The number of aromatic nitrogens is 2. The third-order valence-electron chi connectivity index (χ3n) is 3.65. The van der Waals surface area contributed by atoms with E-state index >= 15 is 0 Å². The highest BCUT2D eigenvalue weighted by Crippen LogP contribution is 2.18. The Kier molecular flexibility index (Phi) is 5.63. The van der Waals surface area contributed by atoms with Crippen molar-refractivity contribution in [1.82, 2.24) is 15.1 Å². The quantitative estimate of drug-likeness (QED) is 0.538. The van der Waals surface area contributed by atoms with Gasteiger partial charge in [-0.3, -0.25) is 19.6 Å². The molecule has 0 spiro atoms. The van der Waals surface area contributed by atoms with Gasteiger partial charge in [0.15, 0.2) is 0 Å². The van der Waals surface area contributed by atoms with Gasteiger partial charge in [0.05, 0.1) is 11.5 Å². The molecule has 1 amide bonds. The van der Waals surface area contributed by atoms with E-state index in [1.807, 2.05) is 0 Å². The molecular weight excluding hydrogens is 308 g/mol. The first-order chi connectivity index (χ1) is 11.0. The van der Waals surface area contributed by atoms with Gasteiger partial charge in [-0.2, -0.15) is 5.10 Å². The summed E-state index contributed by atoms with van der Waals surface area (Å²) in [7, 11) is 0. The molecule has 0 aromatic carbocycles. The van der Waals surface area contributed by atoms with Gasteiger partial charge >= 0.3 is 11.7 Å². The Morgan fingerprint density at radius 3 is 2.96 bits per heavy atom. The molecule has 2 N–H and O–H groups in total. The molecule has 0 bridgehead atoms. The lowest BCUT2D eigenvalue weighted by molar-refractivity contribution is -0.385. The number of nitro groups is 1. The molecule has 1 saturated heterocycles. The van der Waals surface area contributed by atoms with E-state index in [4.69, 9.17) is 4.74 Å². The predicted molar refractivity (Wildman–Crippen MR) is 76.6 cm³/mol. The summed E-state index contributed by atoms with van der Waals surface area (Å²) in [6.07, 6.45) is 3.74. The maximum Gasteiger partial charge on any atom is 0.326 e. The van der Waals surface area contributed by atoms with Gasteiger partial charge in [0.1, 0.15) is 18.4 Å². The van der Waals surface area contributed by atoms with Gasteiger partial charge in [0.2, 0.25) is 5.91 Å². The summed E-state index contributed by atoms with van der Waals surface area (Å²) >= 11 is 0. The van der Waals surface area contributed by atoms with Crippen LogP contribution in [0.1, 0.15) is 19.3 Å². The van der Waals surface area contributed by atoms with Crippen LogP contribution in [0.4, 0.5) is 5.69 Å². The van der Waals surface area contributed by atoms with Crippen LogP contribution in [0, 0.1) is 16.0 Å². The molecule has 0 aliphatic carbocycles. The van der Waals surface area contributed by atoms with Crippen LogP contribution in [0.2, 0.25) is 0 Å². The van der Waals surface area contributed by atoms with Crippen molar-refractivity contribution >= 4 is 17.6 Å². The van der Waals surface area contributed by atoms with Crippen LogP contribution in [0.25, 0.3) is 0 Å². The molecule has 1 aromatic heterocycles. The molecular formula is C13H18N4O6. The Bertz CT molecular complexity index is 581. The van der Waals surface area contributed by atoms with Crippen molar-refractivity contribution in [3.8, 4) is 0 Å². The lowest BCUT2D eigenvalue weighted by Crippen LogP contribution is -2.48. The zero-order valence-electron chi connectivity index (χ0n) is 12.4. The summed E-state index contributed by atoms with van der Waals surface area (Å²) in [4.78, 5) is 33.2. The van der Waals surface area contributed by atoms with Crippen LogP contribution in [0.5, 0.6) is 0 Å². The van der Waals surface area contributed by atoms with Crippen LogP contribution in [0.3, 0.4) is 0 Å². The van der Waals surface area contributed by atoms with Gasteiger partial charge in [-0.05, 0) is 12.8 Å². The molecule has 10 nitrogen and oxygen atoms in total. The second-order valence-electron chi connectivity index (χ2n) is 5.33. The fraction of sp³-hybridized carbons (Fsp3) is 0.615. The van der Waals surface area contributed by atoms with Gasteiger partial charge < -0.3 is 15.2 Å². The minimum atomic E-state index is -1.09. The summed E-state index contributed by atoms with van der Waals surface area (Å²) < 4.78 is 6.53. The average Bonchev–Trinajstić information content (AvgIpc) is 3.00. The molecule has 2 rings (SSSR count). The number of carboxylic acids is 1. The monoisotopic (exact) mass is 326 g/mol. The first-order valence-corrected chi connectivity index (χ1v) is 7.24. The number of amides is 1. The number of hydrogen-bond donors (Lipinski definition) is 2. The topological polar surface area (TPSA) is 137 Å². The summed E-state index contributed by atoms with van der Waals surface area (Å²) in [5.74, 6) is -1.79. The first kappa shape index (κ1) is 16.9. The maximum atomic E-state index is 11.9. The first-order valence-electron chi connectivity index (χ1n) is 7.24. The number of ether oxygens (including phenoxy) is 1. The molecule has 2 atom stereocenters. The van der Waals surface area contributed by atoms with Crippen molar-refractivity contribution in [1.29, 1.82) is 0 Å². The minimum absolute atomic E-state index is 0.0177. The molecule has 0 radical (unpaired) electrons. The van der Waals surface area contributed by atoms with E-state index in [1.54, 1.807) is 0 Å².